The molecule has 0 N–H and O–H groups in total. The van der Waals surface area contributed by atoms with Crippen molar-refractivity contribution in [3.05, 3.63) is 15.9 Å². The van der Waals surface area contributed by atoms with Gasteiger partial charge in [0.1, 0.15) is 0 Å². The van der Waals surface area contributed by atoms with E-state index in [9.17, 15) is 0 Å². The topological polar surface area (TPSA) is 21.1 Å². The van der Waals surface area contributed by atoms with Gasteiger partial charge in [-0.15, -0.1) is 0 Å². The third-order valence-electron chi connectivity index (χ3n) is 3.96. The van der Waals surface area contributed by atoms with Crippen LogP contribution in [0.3, 0.4) is 0 Å². The first-order valence-electron chi connectivity index (χ1n) is 6.60. The Morgan fingerprint density at radius 2 is 2.17 bits per heavy atom. The molecule has 18 heavy (non-hydrogen) atoms. The zero-order valence-corrected chi connectivity index (χ0v) is 14.5. The van der Waals surface area contributed by atoms with Crippen molar-refractivity contribution in [2.45, 2.75) is 46.3 Å². The van der Waals surface area contributed by atoms with Gasteiger partial charge in [0.05, 0.1) is 15.9 Å². The fourth-order valence-corrected chi connectivity index (χ4v) is 4.20. The van der Waals surface area contributed by atoms with E-state index < -0.39 is 0 Å². The predicted molar refractivity (Wildman–Crippen MR) is 82.1 cm³/mol. The number of halogens is 2. The molecule has 1 aliphatic rings. The Kier molecular flexibility index (Phi) is 4.89. The minimum absolute atomic E-state index is 0.650. The number of aryl methyl sites for hydroxylation is 2. The number of hydrogen-bond acceptors (Lipinski definition) is 2. The summed E-state index contributed by atoms with van der Waals surface area (Å²) in [5.74, 6) is 0.780. The van der Waals surface area contributed by atoms with Crippen molar-refractivity contribution in [2.24, 2.45) is 5.92 Å². The van der Waals surface area contributed by atoms with E-state index in [2.05, 4.69) is 67.3 Å². The molecule has 2 unspecified atom stereocenters. The highest BCUT2D eigenvalue weighted by molar-refractivity contribution is 9.10. The van der Waals surface area contributed by atoms with Crippen molar-refractivity contribution in [3.63, 3.8) is 0 Å². The Balaban J connectivity index is 2.19. The van der Waals surface area contributed by atoms with E-state index in [1.807, 2.05) is 0 Å². The van der Waals surface area contributed by atoms with Crippen molar-refractivity contribution in [2.75, 3.05) is 11.9 Å². The zero-order chi connectivity index (χ0) is 13.3. The number of likely N-dealkylation sites (tertiary alicyclic amines) is 1. The van der Waals surface area contributed by atoms with Gasteiger partial charge in [0.15, 0.2) is 0 Å². The number of rotatable bonds is 4. The molecule has 0 spiro atoms. The molecule has 0 radical (unpaired) electrons. The summed E-state index contributed by atoms with van der Waals surface area (Å²) in [6.45, 7) is 9.69. The Bertz CT molecular complexity index is 417. The lowest BCUT2D eigenvalue weighted by Gasteiger charge is -2.25. The maximum absolute atomic E-state index is 4.57. The Morgan fingerprint density at radius 3 is 2.78 bits per heavy atom. The summed E-state index contributed by atoms with van der Waals surface area (Å²) < 4.78 is 3.30. The largest absolute Gasteiger partial charge is 0.293 e. The molecule has 2 heterocycles. The average Bonchev–Trinajstić information content (AvgIpc) is 2.84. The maximum atomic E-state index is 4.57. The molecule has 2 atom stereocenters. The average molecular weight is 379 g/mol. The molecule has 1 aliphatic heterocycles. The second kappa shape index (κ2) is 6.06. The van der Waals surface area contributed by atoms with Crippen LogP contribution in [0.1, 0.15) is 31.7 Å². The molecule has 2 rings (SSSR count). The number of alkyl halides is 1. The van der Waals surface area contributed by atoms with Crippen LogP contribution < -0.4 is 0 Å². The first-order valence-corrected chi connectivity index (χ1v) is 8.51. The molecule has 3 nitrogen and oxygen atoms in total. The van der Waals surface area contributed by atoms with E-state index in [1.54, 1.807) is 0 Å². The van der Waals surface area contributed by atoms with Crippen LogP contribution >= 0.6 is 31.9 Å². The van der Waals surface area contributed by atoms with Crippen molar-refractivity contribution in [1.82, 2.24) is 14.7 Å². The van der Waals surface area contributed by atoms with Crippen LogP contribution in [0.2, 0.25) is 0 Å². The maximum Gasteiger partial charge on any atom is 0.0739 e. The molecular weight excluding hydrogens is 358 g/mol. The van der Waals surface area contributed by atoms with Crippen molar-refractivity contribution >= 4 is 31.9 Å². The summed E-state index contributed by atoms with van der Waals surface area (Å²) in [7, 11) is 0. The lowest BCUT2D eigenvalue weighted by atomic mass is 10.1. The van der Waals surface area contributed by atoms with Crippen LogP contribution in [0.25, 0.3) is 0 Å². The highest BCUT2D eigenvalue weighted by Gasteiger charge is 2.31. The first-order chi connectivity index (χ1) is 8.58. The monoisotopic (exact) mass is 377 g/mol. The first kappa shape index (κ1) is 14.5. The summed E-state index contributed by atoms with van der Waals surface area (Å²) >= 11 is 7.34. The molecule has 0 bridgehead atoms. The van der Waals surface area contributed by atoms with Gasteiger partial charge in [0.25, 0.3) is 0 Å². The summed E-state index contributed by atoms with van der Waals surface area (Å²) in [4.78, 5) is 2.58. The van der Waals surface area contributed by atoms with Gasteiger partial charge >= 0.3 is 0 Å². The van der Waals surface area contributed by atoms with Gasteiger partial charge in [-0.1, -0.05) is 22.9 Å². The highest BCUT2D eigenvalue weighted by Crippen LogP contribution is 2.29. The van der Waals surface area contributed by atoms with E-state index in [-0.39, 0.29) is 0 Å². The minimum Gasteiger partial charge on any atom is -0.293 e. The molecule has 0 amide bonds. The lowest BCUT2D eigenvalue weighted by molar-refractivity contribution is 0.236. The van der Waals surface area contributed by atoms with Gasteiger partial charge < -0.3 is 0 Å². The molecule has 5 heteroatoms. The standard InChI is InChI=1S/C13H21Br2N3/c1-4-18-12(13(15)10(3)16-18)8-17-6-5-9(2)11(17)7-14/h9,11H,4-8H2,1-3H3. The molecule has 1 aromatic rings. The van der Waals surface area contributed by atoms with E-state index in [0.29, 0.717) is 6.04 Å². The summed E-state index contributed by atoms with van der Waals surface area (Å²) in [6, 6.07) is 0.650. The van der Waals surface area contributed by atoms with Gasteiger partial charge in [-0.25, -0.2) is 0 Å². The van der Waals surface area contributed by atoms with Gasteiger partial charge in [0.2, 0.25) is 0 Å². The lowest BCUT2D eigenvalue weighted by Crippen LogP contribution is -2.33. The van der Waals surface area contributed by atoms with Crippen LogP contribution in [-0.2, 0) is 13.1 Å². The normalized spacial score (nSPS) is 24.9. The van der Waals surface area contributed by atoms with Gasteiger partial charge in [-0.2, -0.15) is 5.10 Å². The smallest absolute Gasteiger partial charge is 0.0739 e. The third-order valence-corrected chi connectivity index (χ3v) is 5.66. The number of aromatic nitrogens is 2. The Labute approximate surface area is 126 Å². The summed E-state index contributed by atoms with van der Waals surface area (Å²) in [5, 5.41) is 5.63. The third kappa shape index (κ3) is 2.68. The van der Waals surface area contributed by atoms with E-state index in [4.69, 9.17) is 0 Å². The number of hydrogen-bond donors (Lipinski definition) is 0. The minimum atomic E-state index is 0.650. The molecule has 102 valence electrons. The van der Waals surface area contributed by atoms with Gasteiger partial charge in [-0.05, 0) is 48.7 Å². The van der Waals surface area contributed by atoms with Gasteiger partial charge in [0, 0.05) is 24.5 Å². The highest BCUT2D eigenvalue weighted by atomic mass is 79.9. The number of nitrogens with zero attached hydrogens (tertiary/aromatic N) is 3. The molecule has 1 fully saturated rings. The SMILES string of the molecule is CCn1nc(C)c(Br)c1CN1CCC(C)C1CBr. The second-order valence-electron chi connectivity index (χ2n) is 5.12. The van der Waals surface area contributed by atoms with Crippen LogP contribution in [-0.4, -0.2) is 32.6 Å². The summed E-state index contributed by atoms with van der Waals surface area (Å²) in [5.41, 5.74) is 2.41. The molecular formula is C13H21Br2N3. The van der Waals surface area contributed by atoms with Crippen molar-refractivity contribution < 1.29 is 0 Å². The van der Waals surface area contributed by atoms with Crippen molar-refractivity contribution in [3.8, 4) is 0 Å². The van der Waals surface area contributed by atoms with E-state index in [0.717, 1.165) is 30.0 Å². The molecule has 0 saturated carbocycles. The van der Waals surface area contributed by atoms with Crippen molar-refractivity contribution in [1.29, 1.82) is 0 Å². The molecule has 1 saturated heterocycles. The van der Waals surface area contributed by atoms with Crippen LogP contribution in [0.5, 0.6) is 0 Å². The molecule has 1 aromatic heterocycles. The predicted octanol–water partition coefficient (Wildman–Crippen LogP) is 3.58. The molecule has 0 aromatic carbocycles. The summed E-state index contributed by atoms with van der Waals surface area (Å²) in [6.07, 6.45) is 1.30. The molecule has 0 aliphatic carbocycles. The van der Waals surface area contributed by atoms with Crippen LogP contribution in [0, 0.1) is 12.8 Å². The van der Waals surface area contributed by atoms with Gasteiger partial charge in [-0.3, -0.25) is 9.58 Å². The fraction of sp³-hybridized carbons (Fsp3) is 0.769. The van der Waals surface area contributed by atoms with E-state index in [1.165, 1.54) is 23.1 Å². The Hall–Kier alpha value is 0.130. The van der Waals surface area contributed by atoms with E-state index >= 15 is 0 Å². The zero-order valence-electron chi connectivity index (χ0n) is 11.3. The Morgan fingerprint density at radius 1 is 1.44 bits per heavy atom. The fourth-order valence-electron chi connectivity index (χ4n) is 2.75. The van der Waals surface area contributed by atoms with Crippen LogP contribution in [0.4, 0.5) is 0 Å². The quantitative estimate of drug-likeness (QED) is 0.746. The van der Waals surface area contributed by atoms with Crippen LogP contribution in [0.15, 0.2) is 4.47 Å². The second-order valence-corrected chi connectivity index (χ2v) is 6.56.